The smallest absolute Gasteiger partial charge is 0.269 e. The van der Waals surface area contributed by atoms with Crippen LogP contribution in [0.15, 0.2) is 42.6 Å². The van der Waals surface area contributed by atoms with Crippen LogP contribution in [0.5, 0.6) is 0 Å². The Morgan fingerprint density at radius 3 is 2.62 bits per heavy atom. The number of hydrogen-bond donors (Lipinski definition) is 0. The number of carbonyl (C=O) groups excluding carboxylic acids is 1. The molecule has 0 bridgehead atoms. The number of hydrogen-bond acceptors (Lipinski definition) is 5. The number of nitrogens with zero attached hydrogens (tertiary/aromatic N) is 4. The maximum Gasteiger partial charge on any atom is 0.269 e. The standard InChI is InChI=1S/C18H21FN4OPS/c1-14-18(24)23(8-7-22(14)9-10-25(19)11-12-25)13-16-20-21-17(26-16)15-5-3-2-4-6-15/h2-6H,1,7-13H2/q+1. The molecule has 0 unspecified atom stereocenters. The van der Waals surface area contributed by atoms with Crippen LogP contribution in [-0.2, 0) is 11.3 Å². The maximum atomic E-state index is 13.9. The first-order valence-electron chi connectivity index (χ1n) is 8.71. The zero-order valence-corrected chi connectivity index (χ0v) is 16.2. The minimum Gasteiger partial charge on any atom is -0.362 e. The molecule has 2 aliphatic heterocycles. The van der Waals surface area contributed by atoms with Crippen molar-refractivity contribution in [2.45, 2.75) is 6.54 Å². The van der Waals surface area contributed by atoms with E-state index >= 15 is 0 Å². The summed E-state index contributed by atoms with van der Waals surface area (Å²) in [6.07, 6.45) is 2.11. The van der Waals surface area contributed by atoms with Crippen molar-refractivity contribution in [2.75, 3.05) is 38.1 Å². The summed E-state index contributed by atoms with van der Waals surface area (Å²) >= 11 is 1.50. The fourth-order valence-electron chi connectivity index (χ4n) is 3.00. The predicted octanol–water partition coefficient (Wildman–Crippen LogP) is 3.28. The Hall–Kier alpha value is -1.85. The van der Waals surface area contributed by atoms with Crippen LogP contribution in [0.4, 0.5) is 4.20 Å². The lowest BCUT2D eigenvalue weighted by atomic mass is 10.2. The van der Waals surface area contributed by atoms with E-state index in [0.29, 0.717) is 38.0 Å². The van der Waals surface area contributed by atoms with Crippen molar-refractivity contribution >= 4 is 24.8 Å². The molecule has 2 saturated heterocycles. The molecule has 2 fully saturated rings. The Morgan fingerprint density at radius 2 is 1.88 bits per heavy atom. The molecule has 8 heteroatoms. The van der Waals surface area contributed by atoms with Gasteiger partial charge in [0.25, 0.3) is 5.91 Å². The Labute approximate surface area is 157 Å². The number of aromatic nitrogens is 2. The summed E-state index contributed by atoms with van der Waals surface area (Å²) in [6, 6.07) is 9.89. The third kappa shape index (κ3) is 3.79. The molecular formula is C18H21FN4OPS+. The number of halogens is 1. The van der Waals surface area contributed by atoms with E-state index in [9.17, 15) is 8.99 Å². The first-order chi connectivity index (χ1) is 12.5. The lowest BCUT2D eigenvalue weighted by Gasteiger charge is -2.36. The van der Waals surface area contributed by atoms with E-state index in [1.54, 1.807) is 4.90 Å². The van der Waals surface area contributed by atoms with Gasteiger partial charge in [0.15, 0.2) is 0 Å². The molecule has 0 saturated carbocycles. The van der Waals surface area contributed by atoms with Gasteiger partial charge >= 0.3 is 0 Å². The van der Waals surface area contributed by atoms with Crippen molar-refractivity contribution in [2.24, 2.45) is 0 Å². The van der Waals surface area contributed by atoms with Crippen LogP contribution in [-0.4, -0.2) is 64.0 Å². The largest absolute Gasteiger partial charge is 0.362 e. The van der Waals surface area contributed by atoms with Crippen LogP contribution < -0.4 is 0 Å². The van der Waals surface area contributed by atoms with Crippen molar-refractivity contribution in [1.82, 2.24) is 20.0 Å². The highest BCUT2D eigenvalue weighted by molar-refractivity contribution is 7.78. The van der Waals surface area contributed by atoms with E-state index in [-0.39, 0.29) is 5.91 Å². The lowest BCUT2D eigenvalue weighted by Crippen LogP contribution is -2.48. The van der Waals surface area contributed by atoms with Crippen LogP contribution in [0.25, 0.3) is 10.6 Å². The van der Waals surface area contributed by atoms with Crippen LogP contribution in [0.1, 0.15) is 5.01 Å². The van der Waals surface area contributed by atoms with Crippen LogP contribution in [0, 0.1) is 0 Å². The molecule has 26 heavy (non-hydrogen) atoms. The summed E-state index contributed by atoms with van der Waals surface area (Å²) in [6.45, 7) is 6.30. The first-order valence-corrected chi connectivity index (χ1v) is 11.8. The van der Waals surface area contributed by atoms with Crippen LogP contribution >= 0.6 is 18.9 Å². The van der Waals surface area contributed by atoms with E-state index < -0.39 is 7.57 Å². The fraction of sp³-hybridized carbons (Fsp3) is 0.389. The van der Waals surface area contributed by atoms with Gasteiger partial charge in [-0.05, 0) is 0 Å². The summed E-state index contributed by atoms with van der Waals surface area (Å²) in [5.41, 5.74) is 1.50. The predicted molar refractivity (Wildman–Crippen MR) is 104 cm³/mol. The van der Waals surface area contributed by atoms with Gasteiger partial charge in [-0.1, -0.05) is 52.4 Å². The quantitative estimate of drug-likeness (QED) is 0.560. The van der Waals surface area contributed by atoms with Gasteiger partial charge in [-0.15, -0.1) is 10.2 Å². The van der Waals surface area contributed by atoms with E-state index in [2.05, 4.69) is 16.8 Å². The molecule has 1 amide bonds. The average molecular weight is 391 g/mol. The summed E-state index contributed by atoms with van der Waals surface area (Å²) in [4.78, 5) is 16.3. The van der Waals surface area contributed by atoms with Crippen molar-refractivity contribution in [3.05, 3.63) is 47.6 Å². The number of amides is 1. The molecule has 0 radical (unpaired) electrons. The normalized spacial score (nSPS) is 19.1. The Kier molecular flexibility index (Phi) is 4.76. The molecule has 4 rings (SSSR count). The number of benzene rings is 1. The summed E-state index contributed by atoms with van der Waals surface area (Å²) in [5.74, 6) is -0.0882. The molecule has 1 aromatic heterocycles. The summed E-state index contributed by atoms with van der Waals surface area (Å²) in [5, 5.41) is 10.1. The number of carbonyl (C=O) groups is 1. The van der Waals surface area contributed by atoms with Gasteiger partial charge < -0.3 is 9.80 Å². The molecule has 5 nitrogen and oxygen atoms in total. The third-order valence-electron chi connectivity index (χ3n) is 4.85. The van der Waals surface area contributed by atoms with E-state index in [0.717, 1.165) is 27.9 Å². The molecule has 0 atom stereocenters. The Balaban J connectivity index is 1.36. The molecule has 0 spiro atoms. The molecular weight excluding hydrogens is 370 g/mol. The van der Waals surface area contributed by atoms with Gasteiger partial charge in [0.1, 0.15) is 28.5 Å². The van der Waals surface area contributed by atoms with Crippen LogP contribution in [0.2, 0.25) is 0 Å². The highest BCUT2D eigenvalue weighted by atomic mass is 32.1. The van der Waals surface area contributed by atoms with E-state index in [4.69, 9.17) is 0 Å². The lowest BCUT2D eigenvalue weighted by molar-refractivity contribution is -0.132. The second kappa shape index (κ2) is 7.05. The van der Waals surface area contributed by atoms with E-state index in [1.165, 1.54) is 11.3 Å². The zero-order chi connectivity index (χ0) is 18.1. The topological polar surface area (TPSA) is 49.3 Å². The minimum absolute atomic E-state index is 0.0882. The maximum absolute atomic E-state index is 13.9. The fourth-order valence-corrected chi connectivity index (χ4v) is 5.78. The molecule has 0 N–H and O–H groups in total. The Bertz CT molecular complexity index is 824. The molecule has 3 heterocycles. The van der Waals surface area contributed by atoms with Gasteiger partial charge in [0.2, 0.25) is 7.57 Å². The van der Waals surface area contributed by atoms with Crippen molar-refractivity contribution in [1.29, 1.82) is 0 Å². The van der Waals surface area contributed by atoms with E-state index in [1.807, 2.05) is 35.2 Å². The monoisotopic (exact) mass is 391 g/mol. The third-order valence-corrected chi connectivity index (χ3v) is 8.23. The zero-order valence-electron chi connectivity index (χ0n) is 14.5. The van der Waals surface area contributed by atoms with Gasteiger partial charge in [-0.2, -0.15) is 0 Å². The highest BCUT2D eigenvalue weighted by Gasteiger charge is 2.54. The number of piperazine rings is 1. The van der Waals surface area contributed by atoms with Gasteiger partial charge in [0, 0.05) is 18.7 Å². The molecule has 1 aromatic carbocycles. The van der Waals surface area contributed by atoms with Gasteiger partial charge in [0.05, 0.1) is 18.8 Å². The first kappa shape index (κ1) is 17.6. The second-order valence-corrected chi connectivity index (χ2v) is 11.2. The molecule has 136 valence electrons. The summed E-state index contributed by atoms with van der Waals surface area (Å²) < 4.78 is 13.9. The average Bonchev–Trinajstić information content (AvgIpc) is 3.21. The van der Waals surface area contributed by atoms with Crippen molar-refractivity contribution in [3.8, 4) is 10.6 Å². The van der Waals surface area contributed by atoms with Gasteiger partial charge in [-0.25, -0.2) is 0 Å². The minimum atomic E-state index is -2.10. The van der Waals surface area contributed by atoms with Crippen molar-refractivity contribution < 1.29 is 8.99 Å². The van der Waals surface area contributed by atoms with Crippen molar-refractivity contribution in [3.63, 3.8) is 0 Å². The SMILES string of the molecule is C=C1C(=O)N(Cc2nnc(-c3ccccc3)s2)CCN1CC[P+]1(F)CC1. The molecule has 2 aliphatic rings. The number of rotatable bonds is 6. The highest BCUT2D eigenvalue weighted by Crippen LogP contribution is 2.73. The second-order valence-electron chi connectivity index (χ2n) is 6.73. The molecule has 0 aliphatic carbocycles. The van der Waals surface area contributed by atoms with Crippen LogP contribution in [0.3, 0.4) is 0 Å². The Morgan fingerprint density at radius 1 is 1.15 bits per heavy atom. The van der Waals surface area contributed by atoms with Gasteiger partial charge in [-0.3, -0.25) is 4.79 Å². The molecule has 2 aromatic rings. The summed E-state index contributed by atoms with van der Waals surface area (Å²) in [7, 11) is -2.10.